The van der Waals surface area contributed by atoms with E-state index in [-0.39, 0.29) is 18.3 Å². The topological polar surface area (TPSA) is 55.4 Å². The minimum absolute atomic E-state index is 0.0821. The van der Waals surface area contributed by atoms with Crippen LogP contribution in [-0.2, 0) is 22.4 Å². The molecule has 1 aromatic heterocycles. The highest BCUT2D eigenvalue weighted by atomic mass is 32.1. The number of thiophene rings is 1. The average molecular weight is 295 g/mol. The van der Waals surface area contributed by atoms with E-state index in [4.69, 9.17) is 4.74 Å². The van der Waals surface area contributed by atoms with Gasteiger partial charge in [-0.25, -0.2) is 0 Å². The van der Waals surface area contributed by atoms with Crippen LogP contribution in [0.25, 0.3) is 0 Å². The van der Waals surface area contributed by atoms with Crippen LogP contribution < -0.4 is 5.32 Å². The number of hydrogen-bond donors (Lipinski definition) is 1. The predicted molar refractivity (Wildman–Crippen MR) is 79.1 cm³/mol. The van der Waals surface area contributed by atoms with Gasteiger partial charge in [-0.1, -0.05) is 6.92 Å². The lowest BCUT2D eigenvalue weighted by Crippen LogP contribution is -2.25. The normalized spacial score (nSPS) is 17.4. The largest absolute Gasteiger partial charge is 0.466 e. The van der Waals surface area contributed by atoms with Crippen molar-refractivity contribution >= 4 is 23.2 Å². The van der Waals surface area contributed by atoms with Crippen LogP contribution in [0.2, 0.25) is 0 Å². The van der Waals surface area contributed by atoms with Gasteiger partial charge in [-0.3, -0.25) is 9.59 Å². The van der Waals surface area contributed by atoms with Crippen molar-refractivity contribution in [3.63, 3.8) is 0 Å². The third kappa shape index (κ3) is 3.82. The van der Waals surface area contributed by atoms with Gasteiger partial charge in [0.25, 0.3) is 5.91 Å². The smallest absolute Gasteiger partial charge is 0.307 e. The highest BCUT2D eigenvalue weighted by molar-refractivity contribution is 7.14. The van der Waals surface area contributed by atoms with E-state index in [1.54, 1.807) is 18.3 Å². The van der Waals surface area contributed by atoms with Crippen LogP contribution in [0, 0.1) is 5.92 Å². The number of amides is 1. The number of carbonyl (C=O) groups is 2. The van der Waals surface area contributed by atoms with Crippen molar-refractivity contribution in [2.24, 2.45) is 5.92 Å². The SMILES string of the molecule is CCOC(=O)CCNC(=O)c1cc2c(s1)CCC(C)C2. The molecular formula is C15H21NO3S. The maximum atomic E-state index is 12.0. The fourth-order valence-electron chi connectivity index (χ4n) is 2.42. The highest BCUT2D eigenvalue weighted by Gasteiger charge is 2.20. The predicted octanol–water partition coefficient (Wildman–Crippen LogP) is 2.56. The Morgan fingerprint density at radius 2 is 2.30 bits per heavy atom. The summed E-state index contributed by atoms with van der Waals surface area (Å²) in [5.74, 6) is 0.352. The first-order valence-electron chi connectivity index (χ1n) is 7.15. The molecule has 1 atom stereocenters. The summed E-state index contributed by atoms with van der Waals surface area (Å²) in [4.78, 5) is 25.3. The van der Waals surface area contributed by atoms with Crippen molar-refractivity contribution in [2.45, 2.75) is 39.5 Å². The van der Waals surface area contributed by atoms with E-state index in [1.807, 2.05) is 6.07 Å². The first-order valence-corrected chi connectivity index (χ1v) is 7.97. The number of fused-ring (bicyclic) bond motifs is 1. The summed E-state index contributed by atoms with van der Waals surface area (Å²) in [7, 11) is 0. The Labute approximate surface area is 123 Å². The molecule has 0 radical (unpaired) electrons. The molecule has 0 aliphatic heterocycles. The lowest BCUT2D eigenvalue weighted by molar-refractivity contribution is -0.142. The lowest BCUT2D eigenvalue weighted by atomic mass is 9.90. The summed E-state index contributed by atoms with van der Waals surface area (Å²) in [6.45, 7) is 4.73. The van der Waals surface area contributed by atoms with E-state index < -0.39 is 0 Å². The molecule has 1 unspecified atom stereocenters. The number of ether oxygens (including phenoxy) is 1. The second kappa shape index (κ2) is 6.88. The Morgan fingerprint density at radius 1 is 1.50 bits per heavy atom. The summed E-state index contributed by atoms with van der Waals surface area (Å²) in [5.41, 5.74) is 1.32. The maximum absolute atomic E-state index is 12.0. The van der Waals surface area contributed by atoms with Crippen LogP contribution in [0.4, 0.5) is 0 Å². The number of esters is 1. The van der Waals surface area contributed by atoms with Gasteiger partial charge in [-0.05, 0) is 43.7 Å². The molecule has 110 valence electrons. The van der Waals surface area contributed by atoms with Gasteiger partial charge < -0.3 is 10.1 Å². The zero-order chi connectivity index (χ0) is 14.5. The summed E-state index contributed by atoms with van der Waals surface area (Å²) < 4.78 is 4.82. The van der Waals surface area contributed by atoms with Gasteiger partial charge in [0.15, 0.2) is 0 Å². The van der Waals surface area contributed by atoms with Crippen LogP contribution in [0.5, 0.6) is 0 Å². The molecule has 0 saturated heterocycles. The van der Waals surface area contributed by atoms with Crippen molar-refractivity contribution in [2.75, 3.05) is 13.2 Å². The standard InChI is InChI=1S/C15H21NO3S/c1-3-19-14(17)6-7-16-15(18)13-9-11-8-10(2)4-5-12(11)20-13/h9-10H,3-8H2,1-2H3,(H,16,18). The Morgan fingerprint density at radius 3 is 3.05 bits per heavy atom. The van der Waals surface area contributed by atoms with Crippen molar-refractivity contribution in [3.05, 3.63) is 21.4 Å². The molecule has 0 spiro atoms. The number of rotatable bonds is 5. The van der Waals surface area contributed by atoms with Gasteiger partial charge >= 0.3 is 5.97 Å². The van der Waals surface area contributed by atoms with E-state index in [0.29, 0.717) is 19.1 Å². The molecule has 1 heterocycles. The van der Waals surface area contributed by atoms with Gasteiger partial charge in [-0.2, -0.15) is 0 Å². The van der Waals surface area contributed by atoms with Gasteiger partial charge in [-0.15, -0.1) is 11.3 Å². The van der Waals surface area contributed by atoms with Gasteiger partial charge in [0.05, 0.1) is 17.9 Å². The third-order valence-electron chi connectivity index (χ3n) is 3.47. The van der Waals surface area contributed by atoms with Crippen LogP contribution in [0.15, 0.2) is 6.07 Å². The Balaban J connectivity index is 1.85. The van der Waals surface area contributed by atoms with Gasteiger partial charge in [0.2, 0.25) is 0 Å². The van der Waals surface area contributed by atoms with E-state index in [0.717, 1.165) is 17.7 Å². The van der Waals surface area contributed by atoms with E-state index in [2.05, 4.69) is 12.2 Å². The summed E-state index contributed by atoms with van der Waals surface area (Å²) in [5, 5.41) is 2.78. The quantitative estimate of drug-likeness (QED) is 0.849. The fraction of sp³-hybridized carbons (Fsp3) is 0.600. The first-order chi connectivity index (χ1) is 9.60. The maximum Gasteiger partial charge on any atom is 0.307 e. The van der Waals surface area contributed by atoms with Crippen LogP contribution in [-0.4, -0.2) is 25.0 Å². The van der Waals surface area contributed by atoms with Crippen molar-refractivity contribution in [1.29, 1.82) is 0 Å². The Bertz CT molecular complexity index is 495. The minimum Gasteiger partial charge on any atom is -0.466 e. The fourth-order valence-corrected chi connectivity index (χ4v) is 3.54. The molecule has 5 heteroatoms. The molecule has 4 nitrogen and oxygen atoms in total. The molecule has 2 rings (SSSR count). The Kier molecular flexibility index (Phi) is 5.17. The lowest BCUT2D eigenvalue weighted by Gasteiger charge is -2.16. The van der Waals surface area contributed by atoms with Crippen LogP contribution in [0.1, 0.15) is 46.8 Å². The molecule has 0 aromatic carbocycles. The summed E-state index contributed by atoms with van der Waals surface area (Å²) >= 11 is 1.59. The zero-order valence-electron chi connectivity index (χ0n) is 12.0. The van der Waals surface area contributed by atoms with Crippen molar-refractivity contribution in [3.8, 4) is 0 Å². The zero-order valence-corrected chi connectivity index (χ0v) is 12.8. The van der Waals surface area contributed by atoms with Crippen molar-refractivity contribution in [1.82, 2.24) is 5.32 Å². The first kappa shape index (κ1) is 15.0. The molecule has 1 amide bonds. The van der Waals surface area contributed by atoms with Crippen LogP contribution in [0.3, 0.4) is 0 Å². The number of aryl methyl sites for hydroxylation is 1. The molecular weight excluding hydrogens is 274 g/mol. The molecule has 1 aliphatic rings. The van der Waals surface area contributed by atoms with Gasteiger partial charge in [0, 0.05) is 11.4 Å². The summed E-state index contributed by atoms with van der Waals surface area (Å²) in [6, 6.07) is 2.01. The van der Waals surface area contributed by atoms with Gasteiger partial charge in [0.1, 0.15) is 0 Å². The summed E-state index contributed by atoms with van der Waals surface area (Å²) in [6.07, 6.45) is 3.58. The number of carbonyl (C=O) groups excluding carboxylic acids is 2. The third-order valence-corrected chi connectivity index (χ3v) is 4.71. The molecule has 1 aromatic rings. The molecule has 0 bridgehead atoms. The minimum atomic E-state index is -0.271. The van der Waals surface area contributed by atoms with E-state index >= 15 is 0 Å². The second-order valence-electron chi connectivity index (χ2n) is 5.22. The average Bonchev–Trinajstić information content (AvgIpc) is 2.82. The molecule has 0 fully saturated rings. The second-order valence-corrected chi connectivity index (χ2v) is 6.35. The molecule has 0 saturated carbocycles. The number of nitrogens with one attached hydrogen (secondary N) is 1. The van der Waals surface area contributed by atoms with Crippen molar-refractivity contribution < 1.29 is 14.3 Å². The molecule has 1 N–H and O–H groups in total. The highest BCUT2D eigenvalue weighted by Crippen LogP contribution is 2.32. The van der Waals surface area contributed by atoms with Crippen LogP contribution >= 0.6 is 11.3 Å². The monoisotopic (exact) mass is 295 g/mol. The Hall–Kier alpha value is -1.36. The molecule has 1 aliphatic carbocycles. The van der Waals surface area contributed by atoms with E-state index in [9.17, 15) is 9.59 Å². The molecule has 20 heavy (non-hydrogen) atoms. The number of hydrogen-bond acceptors (Lipinski definition) is 4. The van der Waals surface area contributed by atoms with E-state index in [1.165, 1.54) is 16.9 Å².